The van der Waals surface area contributed by atoms with E-state index in [1.807, 2.05) is 72.6 Å². The van der Waals surface area contributed by atoms with Crippen LogP contribution in [0.5, 0.6) is 0 Å². The quantitative estimate of drug-likeness (QED) is 0.581. The molecule has 2 heterocycles. The van der Waals surface area contributed by atoms with Gasteiger partial charge in [0, 0.05) is 60.0 Å². The normalized spacial score (nSPS) is 14.5. The molecule has 6 heteroatoms. The molecule has 4 rings (SSSR count). The lowest BCUT2D eigenvalue weighted by Crippen LogP contribution is -2.46. The molecule has 1 N–H and O–H groups in total. The average Bonchev–Trinajstić information content (AvgIpc) is 3.19. The van der Waals surface area contributed by atoms with Gasteiger partial charge < -0.3 is 14.8 Å². The van der Waals surface area contributed by atoms with Crippen molar-refractivity contribution in [2.45, 2.75) is 38.8 Å². The van der Waals surface area contributed by atoms with Crippen LogP contribution in [0.3, 0.4) is 0 Å². The van der Waals surface area contributed by atoms with Crippen molar-refractivity contribution in [3.63, 3.8) is 0 Å². The summed E-state index contributed by atoms with van der Waals surface area (Å²) in [5.41, 5.74) is 3.69. The Labute approximate surface area is 194 Å². The van der Waals surface area contributed by atoms with Gasteiger partial charge in [0.05, 0.1) is 12.5 Å². The number of carbonyl (C=O) groups excluding carboxylic acids is 2. The molecule has 33 heavy (non-hydrogen) atoms. The number of amides is 2. The molecule has 2 aromatic carbocycles. The fourth-order valence-electron chi connectivity index (χ4n) is 4.36. The summed E-state index contributed by atoms with van der Waals surface area (Å²) < 4.78 is 2.06. The number of hydrogen-bond donors (Lipinski definition) is 1. The van der Waals surface area contributed by atoms with Gasteiger partial charge in [0.2, 0.25) is 5.91 Å². The molecule has 2 amide bonds. The molecule has 6 nitrogen and oxygen atoms in total. The molecular weight excluding hydrogens is 412 g/mol. The van der Waals surface area contributed by atoms with Crippen LogP contribution in [0, 0.1) is 18.3 Å². The molecule has 3 aromatic rings. The van der Waals surface area contributed by atoms with E-state index in [4.69, 9.17) is 5.26 Å². The predicted octanol–water partition coefficient (Wildman–Crippen LogP) is 4.30. The summed E-state index contributed by atoms with van der Waals surface area (Å²) in [4.78, 5) is 27.2. The van der Waals surface area contributed by atoms with Crippen LogP contribution in [0.2, 0.25) is 0 Å². The second-order valence-electron chi connectivity index (χ2n) is 8.42. The van der Waals surface area contributed by atoms with Crippen LogP contribution < -0.4 is 5.32 Å². The summed E-state index contributed by atoms with van der Waals surface area (Å²) in [5, 5.41) is 13.1. The second kappa shape index (κ2) is 10.2. The van der Waals surface area contributed by atoms with E-state index in [2.05, 4.69) is 16.0 Å². The molecule has 168 valence electrons. The highest BCUT2D eigenvalue weighted by molar-refractivity contribution is 5.97. The third-order valence-electron chi connectivity index (χ3n) is 6.22. The van der Waals surface area contributed by atoms with Crippen molar-refractivity contribution in [1.82, 2.24) is 14.8 Å². The number of para-hydroxylation sites is 1. The molecule has 0 bridgehead atoms. The molecule has 0 spiro atoms. The van der Waals surface area contributed by atoms with E-state index < -0.39 is 0 Å². The summed E-state index contributed by atoms with van der Waals surface area (Å²) in [7, 11) is 0. The van der Waals surface area contributed by atoms with Gasteiger partial charge in [-0.25, -0.2) is 0 Å². The van der Waals surface area contributed by atoms with Crippen molar-refractivity contribution >= 4 is 28.8 Å². The maximum Gasteiger partial charge on any atom is 0.251 e. The predicted molar refractivity (Wildman–Crippen MR) is 129 cm³/mol. The van der Waals surface area contributed by atoms with Crippen molar-refractivity contribution in [2.24, 2.45) is 0 Å². The number of nitrogens with one attached hydrogen (secondary N) is 1. The fourth-order valence-corrected chi connectivity index (χ4v) is 4.36. The highest BCUT2D eigenvalue weighted by Gasteiger charge is 2.23. The number of aromatic nitrogens is 1. The largest absolute Gasteiger partial charge is 0.349 e. The molecule has 1 aliphatic rings. The first-order chi connectivity index (χ1) is 16.1. The van der Waals surface area contributed by atoms with Crippen LogP contribution >= 0.6 is 0 Å². The number of likely N-dealkylation sites (tertiary alicyclic amines) is 1. The number of aryl methyl sites for hydroxylation is 2. The Bertz CT molecular complexity index is 1230. The number of rotatable bonds is 6. The fraction of sp³-hybridized carbons (Fsp3) is 0.296. The maximum atomic E-state index is 12.8. The van der Waals surface area contributed by atoms with E-state index in [-0.39, 0.29) is 17.9 Å². The first-order valence-electron chi connectivity index (χ1n) is 11.3. The Morgan fingerprint density at radius 3 is 2.61 bits per heavy atom. The Morgan fingerprint density at radius 2 is 1.85 bits per heavy atom. The highest BCUT2D eigenvalue weighted by atomic mass is 16.2. The lowest BCUT2D eigenvalue weighted by Gasteiger charge is -2.31. The maximum absolute atomic E-state index is 12.8. The minimum absolute atomic E-state index is 0.0208. The zero-order valence-corrected chi connectivity index (χ0v) is 18.8. The molecule has 0 aliphatic carbocycles. The molecular formula is C27H28N4O2. The standard InChI is InChI=1S/C27H28N4O2/c1-20-7-2-3-8-23(20)27(33)29-22-13-17-30(18-14-22)26(32)12-11-21-19-31(16-6-15-28)25-10-5-4-9-24(21)25/h2-5,7-12,19,22H,6,13-14,16-18H2,1H3,(H,29,33)/b12-11+. The zero-order valence-electron chi connectivity index (χ0n) is 18.8. The third kappa shape index (κ3) is 5.15. The van der Waals surface area contributed by atoms with Crippen LogP contribution in [0.25, 0.3) is 17.0 Å². The Hall–Kier alpha value is -3.85. The van der Waals surface area contributed by atoms with E-state index in [0.29, 0.717) is 31.6 Å². The van der Waals surface area contributed by atoms with E-state index in [0.717, 1.165) is 34.9 Å². The summed E-state index contributed by atoms with van der Waals surface area (Å²) >= 11 is 0. The van der Waals surface area contributed by atoms with Gasteiger partial charge in [-0.15, -0.1) is 0 Å². The van der Waals surface area contributed by atoms with E-state index in [9.17, 15) is 9.59 Å². The lowest BCUT2D eigenvalue weighted by molar-refractivity contribution is -0.126. The number of nitriles is 1. The number of benzene rings is 2. The van der Waals surface area contributed by atoms with Gasteiger partial charge in [-0.3, -0.25) is 9.59 Å². The van der Waals surface area contributed by atoms with Crippen LogP contribution in [0.15, 0.2) is 60.8 Å². The molecule has 0 atom stereocenters. The van der Waals surface area contributed by atoms with E-state index in [1.165, 1.54) is 0 Å². The zero-order chi connectivity index (χ0) is 23.2. The van der Waals surface area contributed by atoms with Gasteiger partial charge in [-0.05, 0) is 43.5 Å². The number of hydrogen-bond acceptors (Lipinski definition) is 3. The van der Waals surface area contributed by atoms with Gasteiger partial charge in [0.1, 0.15) is 0 Å². The van der Waals surface area contributed by atoms with Crippen molar-refractivity contribution in [3.8, 4) is 6.07 Å². The Balaban J connectivity index is 1.35. The van der Waals surface area contributed by atoms with E-state index in [1.54, 1.807) is 6.08 Å². The summed E-state index contributed by atoms with van der Waals surface area (Å²) in [6.07, 6.45) is 7.41. The minimum atomic E-state index is -0.0504. The average molecular weight is 441 g/mol. The van der Waals surface area contributed by atoms with Crippen molar-refractivity contribution in [1.29, 1.82) is 5.26 Å². The first-order valence-corrected chi connectivity index (χ1v) is 11.3. The van der Waals surface area contributed by atoms with Gasteiger partial charge >= 0.3 is 0 Å². The van der Waals surface area contributed by atoms with Gasteiger partial charge in [-0.1, -0.05) is 36.4 Å². The molecule has 1 aromatic heterocycles. The van der Waals surface area contributed by atoms with Crippen LogP contribution in [-0.4, -0.2) is 40.4 Å². The second-order valence-corrected chi connectivity index (χ2v) is 8.42. The highest BCUT2D eigenvalue weighted by Crippen LogP contribution is 2.23. The molecule has 1 saturated heterocycles. The molecule has 0 radical (unpaired) electrons. The smallest absolute Gasteiger partial charge is 0.251 e. The summed E-state index contributed by atoms with van der Waals surface area (Å²) in [6.45, 7) is 3.79. The number of nitrogens with zero attached hydrogens (tertiary/aromatic N) is 3. The van der Waals surface area contributed by atoms with Gasteiger partial charge in [0.25, 0.3) is 5.91 Å². The Morgan fingerprint density at radius 1 is 1.12 bits per heavy atom. The van der Waals surface area contributed by atoms with Crippen LogP contribution in [0.1, 0.15) is 40.7 Å². The summed E-state index contributed by atoms with van der Waals surface area (Å²) in [5.74, 6) is -0.0712. The van der Waals surface area contributed by atoms with E-state index >= 15 is 0 Å². The number of fused-ring (bicyclic) bond motifs is 1. The molecule has 1 aliphatic heterocycles. The van der Waals surface area contributed by atoms with Crippen LogP contribution in [-0.2, 0) is 11.3 Å². The van der Waals surface area contributed by atoms with Crippen LogP contribution in [0.4, 0.5) is 0 Å². The molecule has 1 fully saturated rings. The lowest BCUT2D eigenvalue weighted by atomic mass is 10.0. The molecule has 0 saturated carbocycles. The molecule has 0 unspecified atom stereocenters. The van der Waals surface area contributed by atoms with Crippen molar-refractivity contribution in [2.75, 3.05) is 13.1 Å². The Kier molecular flexibility index (Phi) is 6.89. The first kappa shape index (κ1) is 22.3. The topological polar surface area (TPSA) is 78.1 Å². The van der Waals surface area contributed by atoms with Gasteiger partial charge in [0.15, 0.2) is 0 Å². The van der Waals surface area contributed by atoms with Gasteiger partial charge in [-0.2, -0.15) is 5.26 Å². The number of piperidine rings is 1. The number of carbonyl (C=O) groups is 2. The SMILES string of the molecule is Cc1ccccc1C(=O)NC1CCN(C(=O)/C=C/c2cn(CCC#N)c3ccccc23)CC1. The third-order valence-corrected chi connectivity index (χ3v) is 6.22. The minimum Gasteiger partial charge on any atom is -0.349 e. The van der Waals surface area contributed by atoms with Crippen molar-refractivity contribution < 1.29 is 9.59 Å². The monoisotopic (exact) mass is 440 g/mol. The summed E-state index contributed by atoms with van der Waals surface area (Å²) in [6, 6.07) is 17.8. The van der Waals surface area contributed by atoms with Crippen molar-refractivity contribution in [3.05, 3.63) is 77.5 Å².